The van der Waals surface area contributed by atoms with E-state index >= 15 is 0 Å². The van der Waals surface area contributed by atoms with Gasteiger partial charge in [0.1, 0.15) is 0 Å². The number of aryl methyl sites for hydroxylation is 2. The summed E-state index contributed by atoms with van der Waals surface area (Å²) in [7, 11) is 1.85. The van der Waals surface area contributed by atoms with E-state index < -0.39 is 0 Å². The summed E-state index contributed by atoms with van der Waals surface area (Å²) < 4.78 is 5.85. The zero-order chi connectivity index (χ0) is 13.2. The molecule has 2 nitrogen and oxygen atoms in total. The van der Waals surface area contributed by atoms with Crippen LogP contribution in [0.4, 0.5) is 0 Å². The van der Waals surface area contributed by atoms with Crippen LogP contribution in [0, 0.1) is 13.8 Å². The molecule has 0 saturated heterocycles. The van der Waals surface area contributed by atoms with E-state index in [1.54, 1.807) is 0 Å². The van der Waals surface area contributed by atoms with Crippen LogP contribution in [0.25, 0.3) is 0 Å². The summed E-state index contributed by atoms with van der Waals surface area (Å²) in [6, 6.07) is 7.09. The van der Waals surface area contributed by atoms with Crippen molar-refractivity contribution >= 4 is 0 Å². The van der Waals surface area contributed by atoms with Gasteiger partial charge >= 0.3 is 0 Å². The van der Waals surface area contributed by atoms with Crippen LogP contribution in [-0.4, -0.2) is 19.3 Å². The second-order valence-corrected chi connectivity index (χ2v) is 5.46. The topological polar surface area (TPSA) is 21.3 Å². The van der Waals surface area contributed by atoms with Crippen LogP contribution in [0.3, 0.4) is 0 Å². The first-order valence-electron chi connectivity index (χ1n) is 6.98. The van der Waals surface area contributed by atoms with Crippen LogP contribution in [0.15, 0.2) is 18.2 Å². The highest BCUT2D eigenvalue weighted by atomic mass is 16.5. The molecule has 1 unspecified atom stereocenters. The number of hydrogen-bond donors (Lipinski definition) is 1. The van der Waals surface area contributed by atoms with Gasteiger partial charge in [-0.15, -0.1) is 0 Å². The largest absolute Gasteiger partial charge is 0.376 e. The average molecular weight is 247 g/mol. The van der Waals surface area contributed by atoms with Gasteiger partial charge in [0.15, 0.2) is 0 Å². The molecule has 0 heterocycles. The van der Waals surface area contributed by atoms with Gasteiger partial charge in [-0.1, -0.05) is 25.1 Å². The van der Waals surface area contributed by atoms with Gasteiger partial charge in [0.05, 0.1) is 11.6 Å². The van der Waals surface area contributed by atoms with Crippen LogP contribution in [-0.2, 0) is 4.74 Å². The fourth-order valence-electron chi connectivity index (χ4n) is 2.89. The molecule has 0 aliphatic heterocycles. The number of rotatable bonds is 5. The Morgan fingerprint density at radius 1 is 1.28 bits per heavy atom. The standard InChI is InChI=1S/C16H25NO/c1-5-17-15(16(18-4)9-6-10-16)14-8-7-12(2)13(3)11-14/h7-8,11,15,17H,5-6,9-10H2,1-4H3. The van der Waals surface area contributed by atoms with Gasteiger partial charge in [-0.3, -0.25) is 0 Å². The van der Waals surface area contributed by atoms with Crippen LogP contribution in [0.1, 0.15) is 48.9 Å². The number of ether oxygens (including phenoxy) is 1. The van der Waals surface area contributed by atoms with Gasteiger partial charge in [0.25, 0.3) is 0 Å². The number of nitrogens with one attached hydrogen (secondary N) is 1. The average Bonchev–Trinajstić information content (AvgIpc) is 2.31. The van der Waals surface area contributed by atoms with Crippen molar-refractivity contribution in [1.29, 1.82) is 0 Å². The maximum absolute atomic E-state index is 5.85. The zero-order valence-electron chi connectivity index (χ0n) is 12.0. The summed E-state index contributed by atoms with van der Waals surface area (Å²) in [5.74, 6) is 0. The lowest BCUT2D eigenvalue weighted by Gasteiger charge is -2.47. The molecular weight excluding hydrogens is 222 g/mol. The van der Waals surface area contributed by atoms with Crippen molar-refractivity contribution in [2.45, 2.75) is 51.7 Å². The van der Waals surface area contributed by atoms with Crippen LogP contribution < -0.4 is 5.32 Å². The van der Waals surface area contributed by atoms with Crippen LogP contribution in [0.5, 0.6) is 0 Å². The number of hydrogen-bond acceptors (Lipinski definition) is 2. The van der Waals surface area contributed by atoms with Gasteiger partial charge < -0.3 is 10.1 Å². The third kappa shape index (κ3) is 2.32. The van der Waals surface area contributed by atoms with Crippen molar-refractivity contribution in [3.63, 3.8) is 0 Å². The molecule has 0 aromatic heterocycles. The lowest BCUT2D eigenvalue weighted by molar-refractivity contribution is -0.0995. The monoisotopic (exact) mass is 247 g/mol. The quantitative estimate of drug-likeness (QED) is 0.859. The van der Waals surface area contributed by atoms with Crippen molar-refractivity contribution in [2.24, 2.45) is 0 Å². The summed E-state index contributed by atoms with van der Waals surface area (Å²) in [6.07, 6.45) is 3.60. The molecule has 1 aromatic rings. The number of benzene rings is 1. The molecule has 18 heavy (non-hydrogen) atoms. The Bertz CT molecular complexity index is 404. The third-order valence-corrected chi connectivity index (χ3v) is 4.41. The van der Waals surface area contributed by atoms with Gasteiger partial charge in [0.2, 0.25) is 0 Å². The van der Waals surface area contributed by atoms with Crippen molar-refractivity contribution in [3.8, 4) is 0 Å². The van der Waals surface area contributed by atoms with E-state index in [-0.39, 0.29) is 5.60 Å². The Morgan fingerprint density at radius 2 is 2.00 bits per heavy atom. The molecule has 1 aromatic carbocycles. The molecule has 1 fully saturated rings. The zero-order valence-corrected chi connectivity index (χ0v) is 12.0. The van der Waals surface area contributed by atoms with Crippen molar-refractivity contribution in [1.82, 2.24) is 5.32 Å². The maximum Gasteiger partial charge on any atom is 0.0872 e. The minimum atomic E-state index is 0.0116. The molecule has 1 aliphatic carbocycles. The van der Waals surface area contributed by atoms with E-state index in [2.05, 4.69) is 44.3 Å². The fourth-order valence-corrected chi connectivity index (χ4v) is 2.89. The first-order chi connectivity index (χ1) is 8.63. The van der Waals surface area contributed by atoms with Crippen LogP contribution >= 0.6 is 0 Å². The number of methoxy groups -OCH3 is 1. The summed E-state index contributed by atoms with van der Waals surface area (Å²) in [5.41, 5.74) is 4.09. The predicted octanol–water partition coefficient (Wildman–Crippen LogP) is 3.52. The second kappa shape index (κ2) is 5.41. The highest BCUT2D eigenvalue weighted by molar-refractivity contribution is 5.33. The summed E-state index contributed by atoms with van der Waals surface area (Å²) in [4.78, 5) is 0. The van der Waals surface area contributed by atoms with E-state index in [1.165, 1.54) is 23.1 Å². The molecule has 1 saturated carbocycles. The predicted molar refractivity (Wildman–Crippen MR) is 75.9 cm³/mol. The van der Waals surface area contributed by atoms with E-state index in [0.717, 1.165) is 19.4 Å². The van der Waals surface area contributed by atoms with E-state index in [9.17, 15) is 0 Å². The Labute approximate surface area is 111 Å². The SMILES string of the molecule is CCNC(c1ccc(C)c(C)c1)C1(OC)CCC1. The highest BCUT2D eigenvalue weighted by Gasteiger charge is 2.44. The molecule has 0 radical (unpaired) electrons. The van der Waals surface area contributed by atoms with E-state index in [4.69, 9.17) is 4.74 Å². The minimum absolute atomic E-state index is 0.0116. The molecule has 1 aliphatic rings. The lowest BCUT2D eigenvalue weighted by atomic mass is 9.72. The lowest BCUT2D eigenvalue weighted by Crippen LogP contribution is -2.50. The molecule has 2 heteroatoms. The van der Waals surface area contributed by atoms with E-state index in [1.807, 2.05) is 7.11 Å². The van der Waals surface area contributed by atoms with Crippen molar-refractivity contribution < 1.29 is 4.74 Å². The van der Waals surface area contributed by atoms with Gasteiger partial charge in [-0.2, -0.15) is 0 Å². The van der Waals surface area contributed by atoms with E-state index in [0.29, 0.717) is 6.04 Å². The second-order valence-electron chi connectivity index (χ2n) is 5.46. The first kappa shape index (κ1) is 13.6. The first-order valence-corrected chi connectivity index (χ1v) is 6.98. The Hall–Kier alpha value is -0.860. The molecule has 0 spiro atoms. The summed E-state index contributed by atoms with van der Waals surface area (Å²) in [6.45, 7) is 7.48. The Balaban J connectivity index is 2.31. The summed E-state index contributed by atoms with van der Waals surface area (Å²) >= 11 is 0. The number of likely N-dealkylation sites (N-methyl/N-ethyl adjacent to an activating group) is 1. The molecule has 0 amide bonds. The third-order valence-electron chi connectivity index (χ3n) is 4.41. The molecule has 0 bridgehead atoms. The normalized spacial score (nSPS) is 19.3. The molecule has 1 atom stereocenters. The Kier molecular flexibility index (Phi) is 4.08. The molecule has 100 valence electrons. The van der Waals surface area contributed by atoms with Gasteiger partial charge in [-0.05, 0) is 56.3 Å². The summed E-state index contributed by atoms with van der Waals surface area (Å²) in [5, 5.41) is 3.61. The van der Waals surface area contributed by atoms with Gasteiger partial charge in [-0.25, -0.2) is 0 Å². The molecular formula is C16H25NO. The fraction of sp³-hybridized carbons (Fsp3) is 0.625. The maximum atomic E-state index is 5.85. The van der Waals surface area contributed by atoms with Crippen molar-refractivity contribution in [2.75, 3.05) is 13.7 Å². The molecule has 1 N–H and O–H groups in total. The smallest absolute Gasteiger partial charge is 0.0872 e. The van der Waals surface area contributed by atoms with Crippen LogP contribution in [0.2, 0.25) is 0 Å². The highest BCUT2D eigenvalue weighted by Crippen LogP contribution is 2.45. The van der Waals surface area contributed by atoms with Crippen molar-refractivity contribution in [3.05, 3.63) is 34.9 Å². The Morgan fingerprint density at radius 3 is 2.44 bits per heavy atom. The minimum Gasteiger partial charge on any atom is -0.376 e. The molecule has 2 rings (SSSR count). The van der Waals surface area contributed by atoms with Gasteiger partial charge in [0, 0.05) is 7.11 Å².